The highest BCUT2D eigenvalue weighted by Crippen LogP contribution is 2.18. The third-order valence-corrected chi connectivity index (χ3v) is 3.85. The second-order valence-electron chi connectivity index (χ2n) is 5.53. The van der Waals surface area contributed by atoms with Crippen LogP contribution in [0.4, 0.5) is 11.5 Å². The Balaban J connectivity index is 2.49. The predicted molar refractivity (Wildman–Crippen MR) is 98.7 cm³/mol. The van der Waals surface area contributed by atoms with Crippen LogP contribution in [0.5, 0.6) is 0 Å². The van der Waals surface area contributed by atoms with Crippen molar-refractivity contribution in [2.75, 3.05) is 17.2 Å². The van der Waals surface area contributed by atoms with Crippen LogP contribution < -0.4 is 21.9 Å². The molecule has 2 rings (SSSR count). The first-order valence-corrected chi connectivity index (χ1v) is 8.07. The molecule has 2 aromatic rings. The van der Waals surface area contributed by atoms with E-state index in [1.54, 1.807) is 13.0 Å². The Bertz CT molecular complexity index is 868. The van der Waals surface area contributed by atoms with E-state index >= 15 is 0 Å². The number of H-pyrrole nitrogens is 1. The van der Waals surface area contributed by atoms with Gasteiger partial charge in [0.15, 0.2) is 5.69 Å². The summed E-state index contributed by atoms with van der Waals surface area (Å²) in [6.45, 7) is 5.81. The van der Waals surface area contributed by atoms with Crippen LogP contribution in [0.25, 0.3) is 0 Å². The fourth-order valence-electron chi connectivity index (χ4n) is 2.58. The molecule has 0 fully saturated rings. The maximum atomic E-state index is 12.4. The number of anilines is 2. The molecule has 3 N–H and O–H groups in total. The number of allylic oxidation sites excluding steroid dienone is 1. The molecule has 1 amide bonds. The monoisotopic (exact) mass is 342 g/mol. The molecular weight excluding hydrogens is 320 g/mol. The molecule has 1 heterocycles. The van der Waals surface area contributed by atoms with E-state index in [0.717, 1.165) is 5.56 Å². The Labute approximate surface area is 145 Å². The summed E-state index contributed by atoms with van der Waals surface area (Å²) >= 11 is 0. The van der Waals surface area contributed by atoms with Gasteiger partial charge in [-0.1, -0.05) is 36.4 Å². The Morgan fingerprint density at radius 1 is 1.32 bits per heavy atom. The van der Waals surface area contributed by atoms with Gasteiger partial charge >= 0.3 is 5.69 Å². The van der Waals surface area contributed by atoms with Gasteiger partial charge in [-0.3, -0.25) is 19.1 Å². The van der Waals surface area contributed by atoms with Crippen molar-refractivity contribution in [1.29, 1.82) is 0 Å². The smallest absolute Gasteiger partial charge is 0.330 e. The number of aromatic nitrogens is 2. The van der Waals surface area contributed by atoms with Crippen molar-refractivity contribution in [1.82, 2.24) is 9.55 Å². The summed E-state index contributed by atoms with van der Waals surface area (Å²) in [7, 11) is 0. The summed E-state index contributed by atoms with van der Waals surface area (Å²) < 4.78 is 1.26. The number of carbonyl (C=O) groups is 1. The van der Waals surface area contributed by atoms with Gasteiger partial charge in [-0.25, -0.2) is 4.79 Å². The number of nitrogen functional groups attached to an aromatic ring is 1. The quantitative estimate of drug-likeness (QED) is 0.744. The van der Waals surface area contributed by atoms with Crippen LogP contribution in [0, 0.1) is 0 Å². The Hall–Kier alpha value is -3.09. The van der Waals surface area contributed by atoms with E-state index in [9.17, 15) is 14.4 Å². The van der Waals surface area contributed by atoms with Crippen molar-refractivity contribution in [3.63, 3.8) is 0 Å². The minimum absolute atomic E-state index is 0.00657. The number of nitrogens with zero attached hydrogens (tertiary/aromatic N) is 2. The number of hydrogen-bond acceptors (Lipinski definition) is 4. The molecule has 0 spiro atoms. The van der Waals surface area contributed by atoms with Gasteiger partial charge < -0.3 is 10.6 Å². The van der Waals surface area contributed by atoms with E-state index in [1.165, 1.54) is 9.47 Å². The summed E-state index contributed by atoms with van der Waals surface area (Å²) in [5.41, 5.74) is 5.70. The molecule has 1 aromatic heterocycles. The number of carbonyl (C=O) groups excluding carboxylic acids is 1. The van der Waals surface area contributed by atoms with Crippen molar-refractivity contribution < 1.29 is 4.79 Å². The lowest BCUT2D eigenvalue weighted by molar-refractivity contribution is -0.118. The van der Waals surface area contributed by atoms with Crippen molar-refractivity contribution in [2.45, 2.75) is 26.3 Å². The number of aromatic amines is 1. The molecule has 7 nitrogen and oxygen atoms in total. The number of amides is 1. The molecule has 0 saturated carbocycles. The van der Waals surface area contributed by atoms with E-state index in [1.807, 2.05) is 30.3 Å². The molecule has 7 heteroatoms. The third kappa shape index (κ3) is 4.06. The first-order chi connectivity index (χ1) is 12.0. The number of benzene rings is 1. The molecule has 0 saturated heterocycles. The van der Waals surface area contributed by atoms with Crippen LogP contribution in [0.15, 0.2) is 52.6 Å². The predicted octanol–water partition coefficient (Wildman–Crippen LogP) is 1.49. The topological polar surface area (TPSA) is 101 Å². The lowest BCUT2D eigenvalue weighted by Crippen LogP contribution is -2.41. The Morgan fingerprint density at radius 2 is 2.00 bits per heavy atom. The Kier molecular flexibility index (Phi) is 5.94. The highest BCUT2D eigenvalue weighted by Gasteiger charge is 2.22. The zero-order valence-electron chi connectivity index (χ0n) is 14.2. The molecule has 0 aliphatic rings. The minimum atomic E-state index is -0.666. The van der Waals surface area contributed by atoms with Crippen molar-refractivity contribution >= 4 is 17.4 Å². The van der Waals surface area contributed by atoms with Gasteiger partial charge in [0.25, 0.3) is 5.56 Å². The number of nitrogens with two attached hydrogens (primary N) is 1. The van der Waals surface area contributed by atoms with Gasteiger partial charge in [0.2, 0.25) is 5.91 Å². The normalized spacial score (nSPS) is 10.4. The Morgan fingerprint density at radius 3 is 2.60 bits per heavy atom. The SMILES string of the molecule is C=CCCC(=O)N(CC)c1c(N)n(Cc2ccccc2)c(=O)[nH]c1=O. The molecule has 0 atom stereocenters. The highest BCUT2D eigenvalue weighted by molar-refractivity contribution is 5.95. The summed E-state index contributed by atoms with van der Waals surface area (Å²) in [5.74, 6) is -0.268. The zero-order chi connectivity index (χ0) is 18.4. The summed E-state index contributed by atoms with van der Waals surface area (Å²) in [6, 6.07) is 9.26. The van der Waals surface area contributed by atoms with Crippen LogP contribution in [0.1, 0.15) is 25.3 Å². The fourth-order valence-corrected chi connectivity index (χ4v) is 2.58. The zero-order valence-corrected chi connectivity index (χ0v) is 14.2. The average molecular weight is 342 g/mol. The van der Waals surface area contributed by atoms with Crippen molar-refractivity contribution in [3.8, 4) is 0 Å². The molecular formula is C18H22N4O3. The molecule has 0 aliphatic carbocycles. The van der Waals surface area contributed by atoms with Crippen LogP contribution in [-0.4, -0.2) is 22.0 Å². The standard InChI is InChI=1S/C18H22N4O3/c1-3-5-11-14(23)21(4-2)15-16(19)22(18(25)20-17(15)24)12-13-9-7-6-8-10-13/h3,6-10H,1,4-5,11-12,19H2,2H3,(H,20,24,25). The van der Waals surface area contributed by atoms with Gasteiger partial charge in [0, 0.05) is 13.0 Å². The van der Waals surface area contributed by atoms with Crippen LogP contribution in [-0.2, 0) is 11.3 Å². The van der Waals surface area contributed by atoms with Gasteiger partial charge in [0.1, 0.15) is 5.82 Å². The summed E-state index contributed by atoms with van der Waals surface area (Å²) in [4.78, 5) is 40.4. The largest absolute Gasteiger partial charge is 0.383 e. The second-order valence-corrected chi connectivity index (χ2v) is 5.53. The van der Waals surface area contributed by atoms with E-state index in [0.29, 0.717) is 6.42 Å². The van der Waals surface area contributed by atoms with Crippen LogP contribution in [0.2, 0.25) is 0 Å². The highest BCUT2D eigenvalue weighted by atomic mass is 16.2. The molecule has 0 radical (unpaired) electrons. The number of rotatable bonds is 7. The van der Waals surface area contributed by atoms with Crippen molar-refractivity contribution in [3.05, 3.63) is 69.4 Å². The number of nitrogens with one attached hydrogen (secondary N) is 1. The molecule has 1 aromatic carbocycles. The lowest BCUT2D eigenvalue weighted by atomic mass is 10.2. The second kappa shape index (κ2) is 8.14. The van der Waals surface area contributed by atoms with Gasteiger partial charge in [-0.05, 0) is 18.9 Å². The summed E-state index contributed by atoms with van der Waals surface area (Å²) in [5, 5.41) is 0. The molecule has 132 valence electrons. The lowest BCUT2D eigenvalue weighted by Gasteiger charge is -2.23. The first-order valence-electron chi connectivity index (χ1n) is 8.07. The van der Waals surface area contributed by atoms with Gasteiger partial charge in [-0.15, -0.1) is 6.58 Å². The summed E-state index contributed by atoms with van der Waals surface area (Å²) in [6.07, 6.45) is 2.35. The maximum Gasteiger partial charge on any atom is 0.330 e. The minimum Gasteiger partial charge on any atom is -0.383 e. The van der Waals surface area contributed by atoms with E-state index in [4.69, 9.17) is 5.73 Å². The van der Waals surface area contributed by atoms with E-state index in [2.05, 4.69) is 11.6 Å². The van der Waals surface area contributed by atoms with Crippen LogP contribution in [0.3, 0.4) is 0 Å². The maximum absolute atomic E-state index is 12.4. The average Bonchev–Trinajstić information content (AvgIpc) is 2.61. The molecule has 25 heavy (non-hydrogen) atoms. The third-order valence-electron chi connectivity index (χ3n) is 3.85. The number of hydrogen-bond donors (Lipinski definition) is 2. The van der Waals surface area contributed by atoms with E-state index in [-0.39, 0.29) is 36.9 Å². The first kappa shape index (κ1) is 18.3. The fraction of sp³-hybridized carbons (Fsp3) is 0.278. The van der Waals surface area contributed by atoms with E-state index < -0.39 is 11.2 Å². The molecule has 0 aliphatic heterocycles. The molecule has 0 bridgehead atoms. The van der Waals surface area contributed by atoms with Gasteiger partial charge in [0.05, 0.1) is 6.54 Å². The van der Waals surface area contributed by atoms with Gasteiger partial charge in [-0.2, -0.15) is 0 Å². The van der Waals surface area contributed by atoms with Crippen LogP contribution >= 0.6 is 0 Å². The molecule has 0 unspecified atom stereocenters. The van der Waals surface area contributed by atoms with Crippen molar-refractivity contribution in [2.24, 2.45) is 0 Å².